The molecular weight excluding hydrogens is 623 g/mol. The SMILES string of the molecule is O=S1(=O)c2cc(F)ccc2C2(CCCCC2)c2ccc(S(=O)(=O)N(Cl)C3CCN(S(=O)(=O)c4ccccc4)CC3)cc21. The molecule has 6 rings (SSSR count). The number of hydrogen-bond donors (Lipinski definition) is 0. The van der Waals surface area contributed by atoms with E-state index >= 15 is 0 Å². The third-order valence-electron chi connectivity index (χ3n) is 8.83. The quantitative estimate of drug-likeness (QED) is 0.350. The van der Waals surface area contributed by atoms with E-state index in [-0.39, 0.29) is 45.5 Å². The Morgan fingerprint density at radius 3 is 2.05 bits per heavy atom. The fourth-order valence-corrected chi connectivity index (χ4v) is 11.9. The van der Waals surface area contributed by atoms with Crippen molar-refractivity contribution in [2.45, 2.75) is 76.0 Å². The molecule has 2 fully saturated rings. The highest BCUT2D eigenvalue weighted by Crippen LogP contribution is 2.53. The van der Waals surface area contributed by atoms with Crippen molar-refractivity contribution in [2.24, 2.45) is 0 Å². The van der Waals surface area contributed by atoms with E-state index < -0.39 is 47.2 Å². The molecule has 3 aromatic carbocycles. The van der Waals surface area contributed by atoms with Crippen LogP contribution in [0.3, 0.4) is 0 Å². The molecule has 1 aliphatic carbocycles. The number of fused-ring (bicyclic) bond motifs is 4. The van der Waals surface area contributed by atoms with Crippen molar-refractivity contribution in [1.29, 1.82) is 0 Å². The Morgan fingerprint density at radius 2 is 1.40 bits per heavy atom. The van der Waals surface area contributed by atoms with Gasteiger partial charge in [-0.2, -0.15) is 4.31 Å². The topological polar surface area (TPSA) is 109 Å². The molecule has 13 heteroatoms. The Balaban J connectivity index is 1.31. The van der Waals surface area contributed by atoms with Crippen LogP contribution < -0.4 is 0 Å². The van der Waals surface area contributed by atoms with Crippen LogP contribution in [0.4, 0.5) is 4.39 Å². The first-order valence-corrected chi connectivity index (χ1v) is 18.5. The van der Waals surface area contributed by atoms with Crippen molar-refractivity contribution in [1.82, 2.24) is 8.13 Å². The molecule has 1 saturated carbocycles. The van der Waals surface area contributed by atoms with Gasteiger partial charge in [0.2, 0.25) is 19.9 Å². The number of nitrogens with zero attached hydrogens (tertiary/aromatic N) is 2. The lowest BCUT2D eigenvalue weighted by molar-refractivity contribution is 0.270. The molecule has 0 amide bonds. The smallest absolute Gasteiger partial charge is 0.218 e. The Morgan fingerprint density at radius 1 is 0.810 bits per heavy atom. The van der Waals surface area contributed by atoms with Gasteiger partial charge in [0.05, 0.1) is 19.6 Å². The molecule has 224 valence electrons. The summed E-state index contributed by atoms with van der Waals surface area (Å²) in [6, 6.07) is 15.3. The van der Waals surface area contributed by atoms with Crippen LogP contribution in [0.15, 0.2) is 86.3 Å². The van der Waals surface area contributed by atoms with Gasteiger partial charge in [-0.25, -0.2) is 29.6 Å². The van der Waals surface area contributed by atoms with Crippen LogP contribution in [-0.4, -0.2) is 52.5 Å². The lowest BCUT2D eigenvalue weighted by Gasteiger charge is -2.43. The van der Waals surface area contributed by atoms with Crippen molar-refractivity contribution in [3.63, 3.8) is 0 Å². The molecule has 2 heterocycles. The lowest BCUT2D eigenvalue weighted by Crippen LogP contribution is -2.45. The Bertz CT molecular complexity index is 1850. The first-order chi connectivity index (χ1) is 19.9. The van der Waals surface area contributed by atoms with Crippen LogP contribution in [0.25, 0.3) is 0 Å². The fourth-order valence-electron chi connectivity index (χ4n) is 6.68. The standard InChI is InChI=1S/C29H30ClFN2O6S3/c30-33(22-13-17-32(18-14-22)41(36,37)23-7-3-1-4-8-23)42(38,39)24-10-12-26-28(20-24)40(34,35)27-19-21(31)9-11-25(27)29(26)15-5-2-6-16-29/h1,3-4,7-12,19-20,22H,2,5-6,13-18H2. The van der Waals surface area contributed by atoms with E-state index in [2.05, 4.69) is 0 Å². The molecule has 0 atom stereocenters. The van der Waals surface area contributed by atoms with E-state index in [1.165, 1.54) is 28.6 Å². The normalized spacial score (nSPS) is 20.7. The fraction of sp³-hybridized carbons (Fsp3) is 0.379. The maximum Gasteiger partial charge on any atom is 0.256 e. The van der Waals surface area contributed by atoms with Gasteiger partial charge in [-0.15, -0.1) is 3.82 Å². The molecular formula is C29H30ClFN2O6S3. The largest absolute Gasteiger partial charge is 0.256 e. The summed E-state index contributed by atoms with van der Waals surface area (Å²) >= 11 is 6.44. The van der Waals surface area contributed by atoms with Crippen LogP contribution in [0.1, 0.15) is 56.1 Å². The van der Waals surface area contributed by atoms with Gasteiger partial charge in [0.15, 0.2) is 0 Å². The molecule has 42 heavy (non-hydrogen) atoms. The maximum atomic E-state index is 14.3. The number of sulfone groups is 1. The van der Waals surface area contributed by atoms with E-state index in [9.17, 15) is 29.6 Å². The Labute approximate surface area is 251 Å². The first kappa shape index (κ1) is 29.7. The second-order valence-electron chi connectivity index (χ2n) is 11.1. The Kier molecular flexibility index (Phi) is 7.55. The van der Waals surface area contributed by atoms with Gasteiger partial charge in [0.25, 0.3) is 10.0 Å². The number of sulfonamides is 2. The average molecular weight is 653 g/mol. The zero-order valence-electron chi connectivity index (χ0n) is 22.6. The van der Waals surface area contributed by atoms with Gasteiger partial charge in [0, 0.05) is 24.5 Å². The van der Waals surface area contributed by atoms with Crippen LogP contribution >= 0.6 is 11.8 Å². The van der Waals surface area contributed by atoms with Crippen LogP contribution in [0.2, 0.25) is 0 Å². The summed E-state index contributed by atoms with van der Waals surface area (Å²) in [4.78, 5) is -0.394. The molecule has 0 bridgehead atoms. The highest BCUT2D eigenvalue weighted by atomic mass is 35.5. The second-order valence-corrected chi connectivity index (χ2v) is 17.3. The lowest BCUT2D eigenvalue weighted by atomic mass is 9.65. The van der Waals surface area contributed by atoms with Crippen molar-refractivity contribution < 1.29 is 29.6 Å². The number of benzene rings is 3. The zero-order valence-corrected chi connectivity index (χ0v) is 25.8. The Hall–Kier alpha value is -2.35. The minimum atomic E-state index is -4.36. The summed E-state index contributed by atoms with van der Waals surface area (Å²) in [5, 5.41) is 0. The van der Waals surface area contributed by atoms with Gasteiger partial charge in [0.1, 0.15) is 5.82 Å². The molecule has 2 aliphatic heterocycles. The predicted molar refractivity (Wildman–Crippen MR) is 155 cm³/mol. The molecule has 3 aliphatic rings. The number of rotatable bonds is 5. The number of piperidine rings is 1. The molecule has 0 N–H and O–H groups in total. The molecule has 3 aromatic rings. The summed E-state index contributed by atoms with van der Waals surface area (Å²) in [6.45, 7) is 0.147. The highest BCUT2D eigenvalue weighted by molar-refractivity contribution is 7.92. The van der Waals surface area contributed by atoms with Crippen molar-refractivity contribution >= 4 is 41.7 Å². The van der Waals surface area contributed by atoms with Crippen LogP contribution in [0, 0.1) is 5.82 Å². The second kappa shape index (κ2) is 10.7. The minimum absolute atomic E-state index is 0.0735. The van der Waals surface area contributed by atoms with Crippen LogP contribution in [0.5, 0.6) is 0 Å². The number of hydrogen-bond acceptors (Lipinski definition) is 6. The average Bonchev–Trinajstić information content (AvgIpc) is 3.00. The maximum absolute atomic E-state index is 14.3. The summed E-state index contributed by atoms with van der Waals surface area (Å²) in [6.07, 6.45) is 4.40. The summed E-state index contributed by atoms with van der Waals surface area (Å²) in [5.41, 5.74) is 0.436. The monoisotopic (exact) mass is 652 g/mol. The van der Waals surface area contributed by atoms with E-state index in [0.29, 0.717) is 27.8 Å². The predicted octanol–water partition coefficient (Wildman–Crippen LogP) is 5.22. The number of halogens is 2. The minimum Gasteiger partial charge on any atom is -0.218 e. The van der Waals surface area contributed by atoms with E-state index in [1.807, 2.05) is 0 Å². The van der Waals surface area contributed by atoms with Gasteiger partial charge in [-0.1, -0.05) is 49.6 Å². The third kappa shape index (κ3) is 4.71. The first-order valence-electron chi connectivity index (χ1n) is 13.8. The van der Waals surface area contributed by atoms with E-state index in [4.69, 9.17) is 11.8 Å². The summed E-state index contributed by atoms with van der Waals surface area (Å²) < 4.78 is 97.3. The third-order valence-corrected chi connectivity index (χ3v) is 15.0. The van der Waals surface area contributed by atoms with Gasteiger partial charge in [-0.05, 0) is 85.0 Å². The van der Waals surface area contributed by atoms with Crippen molar-refractivity contribution in [2.75, 3.05) is 13.1 Å². The molecule has 0 unspecified atom stereocenters. The van der Waals surface area contributed by atoms with Gasteiger partial charge < -0.3 is 0 Å². The van der Waals surface area contributed by atoms with Crippen LogP contribution in [-0.2, 0) is 35.3 Å². The van der Waals surface area contributed by atoms with Gasteiger partial charge in [-0.3, -0.25) is 0 Å². The molecule has 1 spiro atoms. The van der Waals surface area contributed by atoms with E-state index in [0.717, 1.165) is 31.4 Å². The highest BCUT2D eigenvalue weighted by Gasteiger charge is 2.47. The van der Waals surface area contributed by atoms with E-state index in [1.54, 1.807) is 30.3 Å². The summed E-state index contributed by atoms with van der Waals surface area (Å²) in [7, 11) is -12.3. The van der Waals surface area contributed by atoms with Crippen molar-refractivity contribution in [3.05, 3.63) is 83.7 Å². The zero-order chi connectivity index (χ0) is 29.9. The molecule has 0 radical (unpaired) electrons. The molecule has 0 aromatic heterocycles. The summed E-state index contributed by atoms with van der Waals surface area (Å²) in [5.74, 6) is -0.678. The van der Waals surface area contributed by atoms with Gasteiger partial charge >= 0.3 is 0 Å². The molecule has 8 nitrogen and oxygen atoms in total. The molecule has 1 saturated heterocycles. The van der Waals surface area contributed by atoms with Crippen molar-refractivity contribution in [3.8, 4) is 0 Å².